The van der Waals surface area contributed by atoms with E-state index in [1.165, 1.54) is 5.56 Å². The highest BCUT2D eigenvalue weighted by atomic mass is 16.5. The van der Waals surface area contributed by atoms with Gasteiger partial charge in [0.25, 0.3) is 5.91 Å². The predicted molar refractivity (Wildman–Crippen MR) is 100 cm³/mol. The quantitative estimate of drug-likeness (QED) is 0.811. The first-order valence-electron chi connectivity index (χ1n) is 8.96. The van der Waals surface area contributed by atoms with Crippen molar-refractivity contribution in [2.24, 2.45) is 0 Å². The summed E-state index contributed by atoms with van der Waals surface area (Å²) in [6.07, 6.45) is 2.21. The maximum Gasteiger partial charge on any atom is 0.253 e. The third kappa shape index (κ3) is 4.83. The second kappa shape index (κ2) is 8.67. The molecule has 1 aliphatic heterocycles. The molecule has 0 saturated carbocycles. The van der Waals surface area contributed by atoms with Crippen LogP contribution in [0.3, 0.4) is 0 Å². The van der Waals surface area contributed by atoms with Crippen LogP contribution in [0.4, 0.5) is 0 Å². The summed E-state index contributed by atoms with van der Waals surface area (Å²) in [5.74, 6) is 1.06. The van der Waals surface area contributed by atoms with Crippen LogP contribution < -0.4 is 4.74 Å². The predicted octanol–water partition coefficient (Wildman–Crippen LogP) is 3.09. The molecule has 0 bridgehead atoms. The summed E-state index contributed by atoms with van der Waals surface area (Å²) >= 11 is 0. The van der Waals surface area contributed by atoms with Gasteiger partial charge in [-0.05, 0) is 49.2 Å². The van der Waals surface area contributed by atoms with E-state index in [4.69, 9.17) is 4.74 Å². The SMILES string of the molecule is COc1ccc(CCCN2CCN(C(=O)c3ccccc3)CC2)cc1. The van der Waals surface area contributed by atoms with E-state index in [1.54, 1.807) is 7.11 Å². The van der Waals surface area contributed by atoms with E-state index in [0.29, 0.717) is 0 Å². The maximum atomic E-state index is 12.5. The van der Waals surface area contributed by atoms with E-state index >= 15 is 0 Å². The van der Waals surface area contributed by atoms with Crippen molar-refractivity contribution in [2.45, 2.75) is 12.8 Å². The molecule has 0 aromatic heterocycles. The number of hydrogen-bond acceptors (Lipinski definition) is 3. The van der Waals surface area contributed by atoms with Crippen molar-refractivity contribution in [1.82, 2.24) is 9.80 Å². The third-order valence-electron chi connectivity index (χ3n) is 4.78. The van der Waals surface area contributed by atoms with Gasteiger partial charge >= 0.3 is 0 Å². The molecule has 4 heteroatoms. The summed E-state index contributed by atoms with van der Waals surface area (Å²) in [5.41, 5.74) is 2.13. The normalized spacial score (nSPS) is 15.2. The van der Waals surface area contributed by atoms with E-state index in [0.717, 1.165) is 56.9 Å². The van der Waals surface area contributed by atoms with E-state index in [9.17, 15) is 4.79 Å². The van der Waals surface area contributed by atoms with Crippen LogP contribution in [0.2, 0.25) is 0 Å². The second-order valence-corrected chi connectivity index (χ2v) is 6.45. The third-order valence-corrected chi connectivity index (χ3v) is 4.78. The Hall–Kier alpha value is -2.33. The Kier molecular flexibility index (Phi) is 6.07. The Morgan fingerprint density at radius 3 is 2.28 bits per heavy atom. The molecule has 1 saturated heterocycles. The molecule has 0 atom stereocenters. The maximum absolute atomic E-state index is 12.5. The molecule has 0 aliphatic carbocycles. The zero-order valence-electron chi connectivity index (χ0n) is 14.9. The van der Waals surface area contributed by atoms with Crippen LogP contribution in [0.1, 0.15) is 22.3 Å². The van der Waals surface area contributed by atoms with Crippen LogP contribution in [-0.4, -0.2) is 55.5 Å². The van der Waals surface area contributed by atoms with Crippen LogP contribution in [0.5, 0.6) is 5.75 Å². The van der Waals surface area contributed by atoms with Gasteiger partial charge in [-0.2, -0.15) is 0 Å². The Morgan fingerprint density at radius 2 is 1.64 bits per heavy atom. The van der Waals surface area contributed by atoms with E-state index < -0.39 is 0 Å². The molecule has 1 aliphatic rings. The number of aryl methyl sites for hydroxylation is 1. The average molecular weight is 338 g/mol. The molecule has 0 N–H and O–H groups in total. The summed E-state index contributed by atoms with van der Waals surface area (Å²) in [7, 11) is 1.69. The number of nitrogens with zero attached hydrogens (tertiary/aromatic N) is 2. The summed E-state index contributed by atoms with van der Waals surface area (Å²) in [6, 6.07) is 17.9. The molecule has 1 amide bonds. The fourth-order valence-electron chi connectivity index (χ4n) is 3.24. The fourth-order valence-corrected chi connectivity index (χ4v) is 3.24. The lowest BCUT2D eigenvalue weighted by atomic mass is 10.1. The van der Waals surface area contributed by atoms with Crippen LogP contribution >= 0.6 is 0 Å². The lowest BCUT2D eigenvalue weighted by Crippen LogP contribution is -2.48. The molecule has 0 unspecified atom stereocenters. The minimum Gasteiger partial charge on any atom is -0.497 e. The number of amides is 1. The van der Waals surface area contributed by atoms with Crippen LogP contribution in [0, 0.1) is 0 Å². The number of ether oxygens (including phenoxy) is 1. The minimum atomic E-state index is 0.151. The summed E-state index contributed by atoms with van der Waals surface area (Å²) in [6.45, 7) is 4.63. The fraction of sp³-hybridized carbons (Fsp3) is 0.381. The second-order valence-electron chi connectivity index (χ2n) is 6.45. The first-order chi connectivity index (χ1) is 12.3. The monoisotopic (exact) mass is 338 g/mol. The highest BCUT2D eigenvalue weighted by Crippen LogP contribution is 2.13. The first kappa shape index (κ1) is 17.5. The molecule has 1 fully saturated rings. The van der Waals surface area contributed by atoms with Crippen molar-refractivity contribution in [3.63, 3.8) is 0 Å². The highest BCUT2D eigenvalue weighted by molar-refractivity contribution is 5.94. The number of rotatable bonds is 6. The molecule has 2 aromatic rings. The van der Waals surface area contributed by atoms with Gasteiger partial charge in [-0.1, -0.05) is 30.3 Å². The Balaban J connectivity index is 1.39. The summed E-state index contributed by atoms with van der Waals surface area (Å²) in [5, 5.41) is 0. The lowest BCUT2D eigenvalue weighted by molar-refractivity contribution is 0.0636. The highest BCUT2D eigenvalue weighted by Gasteiger charge is 2.21. The Morgan fingerprint density at radius 1 is 0.960 bits per heavy atom. The van der Waals surface area contributed by atoms with Gasteiger partial charge in [0, 0.05) is 31.7 Å². The van der Waals surface area contributed by atoms with E-state index in [-0.39, 0.29) is 5.91 Å². The van der Waals surface area contributed by atoms with Crippen molar-refractivity contribution < 1.29 is 9.53 Å². The topological polar surface area (TPSA) is 32.8 Å². The molecule has 25 heavy (non-hydrogen) atoms. The van der Waals surface area contributed by atoms with Crippen molar-refractivity contribution in [3.8, 4) is 5.75 Å². The van der Waals surface area contributed by atoms with Gasteiger partial charge in [0.05, 0.1) is 7.11 Å². The minimum absolute atomic E-state index is 0.151. The molecule has 3 rings (SSSR count). The molecular formula is C21H26N2O2. The van der Waals surface area contributed by atoms with E-state index in [2.05, 4.69) is 17.0 Å². The van der Waals surface area contributed by atoms with Crippen molar-refractivity contribution in [3.05, 3.63) is 65.7 Å². The van der Waals surface area contributed by atoms with E-state index in [1.807, 2.05) is 47.4 Å². The number of hydrogen-bond donors (Lipinski definition) is 0. The zero-order valence-corrected chi connectivity index (χ0v) is 14.9. The number of carbonyl (C=O) groups is 1. The molecule has 132 valence electrons. The van der Waals surface area contributed by atoms with Gasteiger partial charge in [-0.3, -0.25) is 9.69 Å². The molecule has 1 heterocycles. The van der Waals surface area contributed by atoms with Crippen molar-refractivity contribution in [2.75, 3.05) is 39.8 Å². The molecule has 2 aromatic carbocycles. The average Bonchev–Trinajstić information content (AvgIpc) is 2.69. The van der Waals surface area contributed by atoms with Gasteiger partial charge in [0.1, 0.15) is 5.75 Å². The number of benzene rings is 2. The van der Waals surface area contributed by atoms with Crippen molar-refractivity contribution in [1.29, 1.82) is 0 Å². The molecule has 0 radical (unpaired) electrons. The lowest BCUT2D eigenvalue weighted by Gasteiger charge is -2.34. The van der Waals surface area contributed by atoms with Gasteiger partial charge < -0.3 is 9.64 Å². The molecular weight excluding hydrogens is 312 g/mol. The van der Waals surface area contributed by atoms with Crippen LogP contribution in [0.25, 0.3) is 0 Å². The molecule has 4 nitrogen and oxygen atoms in total. The number of carbonyl (C=O) groups excluding carboxylic acids is 1. The summed E-state index contributed by atoms with van der Waals surface area (Å²) < 4.78 is 5.19. The smallest absolute Gasteiger partial charge is 0.253 e. The van der Waals surface area contributed by atoms with Gasteiger partial charge in [0.2, 0.25) is 0 Å². The Labute approximate surface area is 150 Å². The van der Waals surface area contributed by atoms with Gasteiger partial charge in [-0.15, -0.1) is 0 Å². The van der Waals surface area contributed by atoms with Crippen molar-refractivity contribution >= 4 is 5.91 Å². The summed E-state index contributed by atoms with van der Waals surface area (Å²) in [4.78, 5) is 16.9. The molecule has 0 spiro atoms. The van der Waals surface area contributed by atoms with Gasteiger partial charge in [0.15, 0.2) is 0 Å². The Bertz CT molecular complexity index is 662. The van der Waals surface area contributed by atoms with Crippen LogP contribution in [0.15, 0.2) is 54.6 Å². The number of methoxy groups -OCH3 is 1. The first-order valence-corrected chi connectivity index (χ1v) is 8.96. The van der Waals surface area contributed by atoms with Crippen LogP contribution in [-0.2, 0) is 6.42 Å². The zero-order chi connectivity index (χ0) is 17.5. The van der Waals surface area contributed by atoms with Gasteiger partial charge in [-0.25, -0.2) is 0 Å². The number of piperazine rings is 1. The standard InChI is InChI=1S/C21H26N2O2/c1-25-20-11-9-18(10-12-20)6-5-13-22-14-16-23(17-15-22)21(24)19-7-3-2-4-8-19/h2-4,7-12H,5-6,13-17H2,1H3. The largest absolute Gasteiger partial charge is 0.497 e.